The van der Waals surface area contributed by atoms with E-state index in [4.69, 9.17) is 4.98 Å². The average molecular weight is 456 g/mol. The molecule has 1 heterocycles. The highest BCUT2D eigenvalue weighted by atomic mass is 32.1. The number of nitrogens with zero attached hydrogens (tertiary/aromatic N) is 1. The fraction of sp³-hybridized carbons (Fsp3) is 0.600. The second kappa shape index (κ2) is 8.12. The number of rotatable bonds is 6. The van der Waals surface area contributed by atoms with Crippen molar-refractivity contribution in [2.75, 3.05) is 11.9 Å². The van der Waals surface area contributed by atoms with E-state index in [-0.39, 0.29) is 29.8 Å². The summed E-state index contributed by atoms with van der Waals surface area (Å²) in [6.07, 6.45) is 4.24. The number of carbonyl (C=O) groups is 1. The maximum atomic E-state index is 12.9. The molecule has 3 aliphatic carbocycles. The van der Waals surface area contributed by atoms with Gasteiger partial charge in [-0.1, -0.05) is 32.0 Å². The molecule has 1 aromatic heterocycles. The minimum absolute atomic E-state index is 0.0315. The number of para-hydroxylation sites is 1. The van der Waals surface area contributed by atoms with Crippen molar-refractivity contribution in [3.05, 3.63) is 40.9 Å². The van der Waals surface area contributed by atoms with Crippen molar-refractivity contribution in [2.45, 2.75) is 70.4 Å². The first-order chi connectivity index (χ1) is 15.3. The normalized spacial score (nSPS) is 33.8. The lowest BCUT2D eigenvalue weighted by Gasteiger charge is -2.58. The lowest BCUT2D eigenvalue weighted by atomic mass is 9.47. The van der Waals surface area contributed by atoms with Gasteiger partial charge in [0.2, 0.25) is 5.91 Å². The summed E-state index contributed by atoms with van der Waals surface area (Å²) in [5.41, 5.74) is 1.21. The van der Waals surface area contributed by atoms with E-state index in [1.807, 2.05) is 37.3 Å². The zero-order valence-corrected chi connectivity index (χ0v) is 19.6. The van der Waals surface area contributed by atoms with E-state index in [1.54, 1.807) is 11.3 Å². The fourth-order valence-electron chi connectivity index (χ4n) is 6.04. The molecule has 5 rings (SSSR count). The van der Waals surface area contributed by atoms with Crippen LogP contribution in [0.4, 0.5) is 10.8 Å². The minimum atomic E-state index is -0.590. The predicted octanol–water partition coefficient (Wildman–Crippen LogP) is 3.97. The Morgan fingerprint density at radius 1 is 1.22 bits per heavy atom. The number of hydrogen-bond acceptors (Lipinski definition) is 6. The number of fused-ring (bicyclic) bond motifs is 2. The molecule has 1 amide bonds. The Morgan fingerprint density at radius 3 is 2.66 bits per heavy atom. The van der Waals surface area contributed by atoms with Crippen LogP contribution in [0.15, 0.2) is 30.3 Å². The van der Waals surface area contributed by atoms with Gasteiger partial charge in [0.15, 0.2) is 5.13 Å². The minimum Gasteiger partial charge on any atom is -0.396 e. The molecular weight excluding hydrogens is 422 g/mol. The van der Waals surface area contributed by atoms with Crippen LogP contribution in [0.1, 0.15) is 62.4 Å². The quantitative estimate of drug-likeness (QED) is 0.529. The zero-order chi connectivity index (χ0) is 22.5. The molecule has 4 N–H and O–H groups in total. The maximum Gasteiger partial charge on any atom is 0.220 e. The summed E-state index contributed by atoms with van der Waals surface area (Å²) in [5, 5.41) is 28.6. The largest absolute Gasteiger partial charge is 0.396 e. The van der Waals surface area contributed by atoms with Crippen molar-refractivity contribution in [1.82, 2.24) is 10.3 Å². The highest BCUT2D eigenvalue weighted by Crippen LogP contribution is 2.62. The van der Waals surface area contributed by atoms with Gasteiger partial charge in [0.25, 0.3) is 0 Å². The van der Waals surface area contributed by atoms with Crippen LogP contribution in [-0.4, -0.2) is 39.9 Å². The van der Waals surface area contributed by atoms with Gasteiger partial charge in [-0.25, -0.2) is 4.98 Å². The molecule has 32 heavy (non-hydrogen) atoms. The third-order valence-corrected chi connectivity index (χ3v) is 9.26. The molecule has 1 aromatic carbocycles. The van der Waals surface area contributed by atoms with Crippen LogP contribution in [0.5, 0.6) is 0 Å². The molecule has 172 valence electrons. The molecule has 3 aliphatic rings. The number of benzene rings is 1. The van der Waals surface area contributed by atoms with Crippen molar-refractivity contribution < 1.29 is 15.0 Å². The number of aromatic nitrogens is 1. The predicted molar refractivity (Wildman–Crippen MR) is 126 cm³/mol. The van der Waals surface area contributed by atoms with Crippen LogP contribution in [0, 0.1) is 16.7 Å². The number of amides is 1. The topological polar surface area (TPSA) is 94.5 Å². The first-order valence-corrected chi connectivity index (χ1v) is 12.5. The van der Waals surface area contributed by atoms with Crippen molar-refractivity contribution in [3.8, 4) is 0 Å². The number of hydrogen-bond donors (Lipinski definition) is 4. The van der Waals surface area contributed by atoms with E-state index in [1.165, 1.54) is 4.88 Å². The fourth-order valence-corrected chi connectivity index (χ4v) is 7.13. The van der Waals surface area contributed by atoms with E-state index in [0.717, 1.165) is 42.2 Å². The number of aliphatic hydroxyl groups is 2. The Labute approximate surface area is 193 Å². The van der Waals surface area contributed by atoms with Gasteiger partial charge < -0.3 is 20.8 Å². The van der Waals surface area contributed by atoms with Crippen LogP contribution < -0.4 is 10.6 Å². The number of carbonyl (C=O) groups excluding carboxylic acids is 1. The summed E-state index contributed by atoms with van der Waals surface area (Å²) < 4.78 is 0. The molecule has 0 spiro atoms. The third-order valence-electron chi connectivity index (χ3n) is 8.25. The van der Waals surface area contributed by atoms with Crippen LogP contribution in [0.2, 0.25) is 0 Å². The van der Waals surface area contributed by atoms with Gasteiger partial charge in [-0.3, -0.25) is 4.79 Å². The highest BCUT2D eigenvalue weighted by Gasteiger charge is 2.59. The van der Waals surface area contributed by atoms with Gasteiger partial charge in [0.1, 0.15) is 0 Å². The van der Waals surface area contributed by atoms with Crippen LogP contribution in [0.3, 0.4) is 0 Å². The SMILES string of the molecule is C[C@]1(CO)[C@H]2Cc3sc(Nc4ccccc4)nc3[C@@H](CC(=O)NC3CC3)[C@]2(C)CC[C@H]1O. The molecule has 0 radical (unpaired) electrons. The molecule has 0 unspecified atom stereocenters. The second-order valence-electron chi connectivity index (χ2n) is 10.4. The van der Waals surface area contributed by atoms with E-state index < -0.39 is 11.5 Å². The second-order valence-corrected chi connectivity index (χ2v) is 11.5. The third kappa shape index (κ3) is 3.74. The lowest BCUT2D eigenvalue weighted by molar-refractivity contribution is -0.144. The summed E-state index contributed by atoms with van der Waals surface area (Å²) >= 11 is 1.64. The Bertz CT molecular complexity index is 992. The lowest BCUT2D eigenvalue weighted by Crippen LogP contribution is -2.57. The summed E-state index contributed by atoms with van der Waals surface area (Å²) in [6.45, 7) is 4.20. The monoisotopic (exact) mass is 455 g/mol. The van der Waals surface area contributed by atoms with Gasteiger partial charge in [-0.05, 0) is 55.6 Å². The Kier molecular flexibility index (Phi) is 5.55. The van der Waals surface area contributed by atoms with Gasteiger partial charge in [0.05, 0.1) is 18.4 Å². The molecule has 7 heteroatoms. The van der Waals surface area contributed by atoms with Crippen LogP contribution in [0.25, 0.3) is 0 Å². The summed E-state index contributed by atoms with van der Waals surface area (Å²) in [6, 6.07) is 10.3. The van der Waals surface area contributed by atoms with Crippen molar-refractivity contribution in [1.29, 1.82) is 0 Å². The van der Waals surface area contributed by atoms with Gasteiger partial charge in [-0.15, -0.1) is 11.3 Å². The van der Waals surface area contributed by atoms with Crippen molar-refractivity contribution in [2.24, 2.45) is 16.7 Å². The van der Waals surface area contributed by atoms with Crippen molar-refractivity contribution >= 4 is 28.1 Å². The smallest absolute Gasteiger partial charge is 0.220 e. The molecule has 2 aromatic rings. The zero-order valence-electron chi connectivity index (χ0n) is 18.8. The van der Waals surface area contributed by atoms with Crippen LogP contribution >= 0.6 is 11.3 Å². The molecule has 5 atom stereocenters. The molecular formula is C25H33N3O3S. The van der Waals surface area contributed by atoms with E-state index in [2.05, 4.69) is 17.6 Å². The molecule has 6 nitrogen and oxygen atoms in total. The molecule has 0 aliphatic heterocycles. The number of nitrogens with one attached hydrogen (secondary N) is 2. The molecule has 0 bridgehead atoms. The number of aliphatic hydroxyl groups excluding tert-OH is 2. The Hall–Kier alpha value is -1.96. The number of thiazole rings is 1. The summed E-state index contributed by atoms with van der Waals surface area (Å²) in [4.78, 5) is 19.1. The number of anilines is 2. The van der Waals surface area contributed by atoms with Gasteiger partial charge in [-0.2, -0.15) is 0 Å². The maximum absolute atomic E-state index is 12.9. The van der Waals surface area contributed by atoms with Gasteiger partial charge in [0, 0.05) is 34.4 Å². The van der Waals surface area contributed by atoms with E-state index >= 15 is 0 Å². The van der Waals surface area contributed by atoms with Gasteiger partial charge >= 0.3 is 0 Å². The standard InChI is InChI=1S/C25H33N3O3S/c1-24-11-10-20(30)25(2,14-29)19(24)13-18-22(17(24)12-21(31)26-16-8-9-16)28-23(32-18)27-15-6-4-3-5-7-15/h3-7,16-17,19-20,29-30H,8-14H2,1-2H3,(H,26,31)(H,27,28)/t17-,19+,20-,24+,25+/m1/s1. The molecule has 2 saturated carbocycles. The first-order valence-electron chi connectivity index (χ1n) is 11.7. The molecule has 0 saturated heterocycles. The summed E-state index contributed by atoms with van der Waals surface area (Å²) in [7, 11) is 0. The van der Waals surface area contributed by atoms with Crippen molar-refractivity contribution in [3.63, 3.8) is 0 Å². The van der Waals surface area contributed by atoms with E-state index in [9.17, 15) is 15.0 Å². The first kappa shape index (κ1) is 21.9. The summed E-state index contributed by atoms with van der Waals surface area (Å²) in [5.74, 6) is 0.142. The van der Waals surface area contributed by atoms with E-state index in [0.29, 0.717) is 18.9 Å². The highest BCUT2D eigenvalue weighted by molar-refractivity contribution is 7.15. The molecule has 2 fully saturated rings. The Balaban J connectivity index is 1.52. The average Bonchev–Trinajstić information content (AvgIpc) is 3.50. The van der Waals surface area contributed by atoms with Crippen LogP contribution in [-0.2, 0) is 11.2 Å². The Morgan fingerprint density at radius 2 is 1.97 bits per heavy atom.